The molecular formula is C27H23N5O3. The van der Waals surface area contributed by atoms with E-state index in [1.165, 1.54) is 0 Å². The molecule has 0 aliphatic rings. The van der Waals surface area contributed by atoms with Crippen LogP contribution >= 0.6 is 0 Å². The normalized spacial score (nSPS) is 10.9. The number of pyridine rings is 1. The molecule has 2 aromatic heterocycles. The van der Waals surface area contributed by atoms with Crippen LogP contribution in [0.15, 0.2) is 79.0 Å². The number of amides is 2. The molecule has 0 spiro atoms. The Kier molecular flexibility index (Phi) is 6.09. The molecule has 35 heavy (non-hydrogen) atoms. The second-order valence-electron chi connectivity index (χ2n) is 7.88. The summed E-state index contributed by atoms with van der Waals surface area (Å²) in [4.78, 5) is 37.5. The Morgan fingerprint density at radius 2 is 1.74 bits per heavy atom. The SMILES string of the molecule is CCOc1ccccc1CNC(=O)c1cccc2[nH]c(NC(=O)c3cc4ccccc4cn3)nc12. The summed E-state index contributed by atoms with van der Waals surface area (Å²) in [6, 6.07) is 22.3. The third kappa shape index (κ3) is 4.67. The maximum absolute atomic E-state index is 13.0. The van der Waals surface area contributed by atoms with Crippen LogP contribution in [0.4, 0.5) is 5.95 Å². The quantitative estimate of drug-likeness (QED) is 0.323. The lowest BCUT2D eigenvalue weighted by molar-refractivity contribution is 0.0951. The van der Waals surface area contributed by atoms with Crippen molar-refractivity contribution >= 4 is 39.6 Å². The highest BCUT2D eigenvalue weighted by Crippen LogP contribution is 2.21. The molecule has 3 aromatic carbocycles. The fourth-order valence-corrected chi connectivity index (χ4v) is 3.87. The van der Waals surface area contributed by atoms with Crippen LogP contribution in [-0.4, -0.2) is 33.4 Å². The molecular weight excluding hydrogens is 442 g/mol. The topological polar surface area (TPSA) is 109 Å². The molecule has 3 N–H and O–H groups in total. The molecule has 0 fully saturated rings. The summed E-state index contributed by atoms with van der Waals surface area (Å²) >= 11 is 0. The third-order valence-corrected chi connectivity index (χ3v) is 5.56. The Morgan fingerprint density at radius 3 is 2.60 bits per heavy atom. The van der Waals surface area contributed by atoms with Crippen LogP contribution in [0.1, 0.15) is 33.3 Å². The second kappa shape index (κ2) is 9.64. The Balaban J connectivity index is 1.34. The number of ether oxygens (including phenoxy) is 1. The highest BCUT2D eigenvalue weighted by Gasteiger charge is 2.16. The minimum absolute atomic E-state index is 0.238. The number of para-hydroxylation sites is 2. The number of hydrogen-bond donors (Lipinski definition) is 3. The standard InChI is InChI=1S/C27H23N5O3/c1-2-35-23-13-6-5-10-19(23)16-29-25(33)20-11-7-12-21-24(20)31-27(30-21)32-26(34)22-14-17-8-3-4-9-18(17)15-28-22/h3-15H,2,16H2,1H3,(H,29,33)(H2,30,31,32,34). The molecule has 0 unspecified atom stereocenters. The van der Waals surface area contributed by atoms with E-state index in [9.17, 15) is 9.59 Å². The number of imidazole rings is 1. The fourth-order valence-electron chi connectivity index (χ4n) is 3.87. The van der Waals surface area contributed by atoms with Crippen molar-refractivity contribution < 1.29 is 14.3 Å². The van der Waals surface area contributed by atoms with Crippen molar-refractivity contribution in [2.45, 2.75) is 13.5 Å². The van der Waals surface area contributed by atoms with Crippen molar-refractivity contribution in [1.29, 1.82) is 0 Å². The predicted molar refractivity (Wildman–Crippen MR) is 135 cm³/mol. The molecule has 0 saturated carbocycles. The second-order valence-corrected chi connectivity index (χ2v) is 7.88. The van der Waals surface area contributed by atoms with Crippen molar-refractivity contribution in [3.8, 4) is 5.75 Å². The molecule has 5 aromatic rings. The van der Waals surface area contributed by atoms with Crippen molar-refractivity contribution in [3.63, 3.8) is 0 Å². The highest BCUT2D eigenvalue weighted by atomic mass is 16.5. The van der Waals surface area contributed by atoms with Gasteiger partial charge >= 0.3 is 0 Å². The summed E-state index contributed by atoms with van der Waals surface area (Å²) in [6.07, 6.45) is 1.66. The van der Waals surface area contributed by atoms with E-state index in [0.29, 0.717) is 29.7 Å². The van der Waals surface area contributed by atoms with Crippen LogP contribution in [0, 0.1) is 0 Å². The van der Waals surface area contributed by atoms with Gasteiger partial charge in [-0.3, -0.25) is 19.9 Å². The zero-order valence-electron chi connectivity index (χ0n) is 19.0. The number of aromatic nitrogens is 3. The van der Waals surface area contributed by atoms with Gasteiger partial charge in [-0.15, -0.1) is 0 Å². The van der Waals surface area contributed by atoms with Crippen LogP contribution in [0.25, 0.3) is 21.8 Å². The lowest BCUT2D eigenvalue weighted by atomic mass is 10.1. The molecule has 0 atom stereocenters. The molecule has 0 saturated heterocycles. The third-order valence-electron chi connectivity index (χ3n) is 5.56. The number of H-pyrrole nitrogens is 1. The van der Waals surface area contributed by atoms with Gasteiger partial charge in [-0.1, -0.05) is 48.5 Å². The highest BCUT2D eigenvalue weighted by molar-refractivity contribution is 6.07. The first kappa shape index (κ1) is 22.1. The van der Waals surface area contributed by atoms with Gasteiger partial charge in [-0.05, 0) is 36.6 Å². The molecule has 0 radical (unpaired) electrons. The van der Waals surface area contributed by atoms with Gasteiger partial charge in [0, 0.05) is 23.7 Å². The Labute approximate surface area is 201 Å². The minimum Gasteiger partial charge on any atom is -0.494 e. The average molecular weight is 466 g/mol. The number of nitrogens with one attached hydrogen (secondary N) is 3. The monoisotopic (exact) mass is 465 g/mol. The maximum atomic E-state index is 13.0. The van der Waals surface area contributed by atoms with E-state index in [0.717, 1.165) is 22.1 Å². The van der Waals surface area contributed by atoms with E-state index in [4.69, 9.17) is 4.74 Å². The van der Waals surface area contributed by atoms with E-state index in [1.54, 1.807) is 30.5 Å². The zero-order valence-corrected chi connectivity index (χ0v) is 19.0. The molecule has 8 heteroatoms. The summed E-state index contributed by atoms with van der Waals surface area (Å²) in [7, 11) is 0. The first-order chi connectivity index (χ1) is 17.1. The van der Waals surface area contributed by atoms with Crippen LogP contribution in [0.3, 0.4) is 0 Å². The van der Waals surface area contributed by atoms with E-state index >= 15 is 0 Å². The van der Waals surface area contributed by atoms with Gasteiger partial charge in [0.1, 0.15) is 17.0 Å². The van der Waals surface area contributed by atoms with Crippen LogP contribution in [-0.2, 0) is 6.54 Å². The summed E-state index contributed by atoms with van der Waals surface area (Å²) < 4.78 is 5.63. The van der Waals surface area contributed by atoms with Crippen molar-refractivity contribution in [2.24, 2.45) is 0 Å². The number of anilines is 1. The van der Waals surface area contributed by atoms with Crippen LogP contribution in [0.2, 0.25) is 0 Å². The smallest absolute Gasteiger partial charge is 0.276 e. The van der Waals surface area contributed by atoms with E-state index in [2.05, 4.69) is 25.6 Å². The van der Waals surface area contributed by atoms with Crippen LogP contribution < -0.4 is 15.4 Å². The van der Waals surface area contributed by atoms with Gasteiger partial charge < -0.3 is 15.0 Å². The lowest BCUT2D eigenvalue weighted by Crippen LogP contribution is -2.23. The summed E-state index contributed by atoms with van der Waals surface area (Å²) in [5, 5.41) is 7.54. The van der Waals surface area contributed by atoms with Crippen molar-refractivity contribution in [3.05, 3.63) is 95.8 Å². The number of fused-ring (bicyclic) bond motifs is 2. The Hall–Kier alpha value is -4.72. The zero-order chi connectivity index (χ0) is 24.2. The number of aromatic amines is 1. The largest absolute Gasteiger partial charge is 0.494 e. The van der Waals surface area contributed by atoms with Gasteiger partial charge in [-0.2, -0.15) is 0 Å². The van der Waals surface area contributed by atoms with Gasteiger partial charge in [0.05, 0.1) is 17.7 Å². The molecule has 0 aliphatic heterocycles. The first-order valence-electron chi connectivity index (χ1n) is 11.3. The minimum atomic E-state index is -0.395. The summed E-state index contributed by atoms with van der Waals surface area (Å²) in [5.41, 5.74) is 2.65. The number of nitrogens with zero attached hydrogens (tertiary/aromatic N) is 2. The number of benzene rings is 3. The van der Waals surface area contributed by atoms with Crippen molar-refractivity contribution in [2.75, 3.05) is 11.9 Å². The number of carbonyl (C=O) groups excluding carboxylic acids is 2. The van der Waals surface area contributed by atoms with E-state index < -0.39 is 5.91 Å². The number of hydrogen-bond acceptors (Lipinski definition) is 5. The molecule has 0 bridgehead atoms. The van der Waals surface area contributed by atoms with Gasteiger partial charge in [0.2, 0.25) is 5.95 Å². The Bertz CT molecular complexity index is 1540. The van der Waals surface area contributed by atoms with Gasteiger partial charge in [0.25, 0.3) is 11.8 Å². The maximum Gasteiger partial charge on any atom is 0.276 e. The number of carbonyl (C=O) groups is 2. The molecule has 5 rings (SSSR count). The molecule has 2 heterocycles. The summed E-state index contributed by atoms with van der Waals surface area (Å²) in [5.74, 6) is 0.304. The van der Waals surface area contributed by atoms with Gasteiger partial charge in [-0.25, -0.2) is 4.98 Å². The number of rotatable bonds is 7. The Morgan fingerprint density at radius 1 is 0.943 bits per heavy atom. The molecule has 174 valence electrons. The average Bonchev–Trinajstić information content (AvgIpc) is 3.30. The molecule has 2 amide bonds. The lowest BCUT2D eigenvalue weighted by Gasteiger charge is -2.11. The fraction of sp³-hybridized carbons (Fsp3) is 0.111. The van der Waals surface area contributed by atoms with Gasteiger partial charge in [0.15, 0.2) is 0 Å². The van der Waals surface area contributed by atoms with E-state index in [-0.39, 0.29) is 17.5 Å². The first-order valence-corrected chi connectivity index (χ1v) is 11.3. The predicted octanol–water partition coefficient (Wildman–Crippen LogP) is 4.69. The molecule has 0 aliphatic carbocycles. The van der Waals surface area contributed by atoms with E-state index in [1.807, 2.05) is 55.5 Å². The van der Waals surface area contributed by atoms with Crippen LogP contribution in [0.5, 0.6) is 5.75 Å². The van der Waals surface area contributed by atoms with Crippen molar-refractivity contribution in [1.82, 2.24) is 20.3 Å². The molecule has 8 nitrogen and oxygen atoms in total. The summed E-state index contributed by atoms with van der Waals surface area (Å²) in [6.45, 7) is 2.77.